The Balaban J connectivity index is 1.38. The number of hydrogen-bond acceptors (Lipinski definition) is 6. The highest BCUT2D eigenvalue weighted by atomic mass is 16.5. The largest absolute Gasteiger partial charge is 0.535 e. The third-order valence-electron chi connectivity index (χ3n) is 7.33. The molecule has 2 saturated carbocycles. The summed E-state index contributed by atoms with van der Waals surface area (Å²) in [5, 5.41) is 23.3. The number of carbonyl (C=O) groups excluding carboxylic acids is 1. The zero-order valence-electron chi connectivity index (χ0n) is 17.3. The first-order valence-electron chi connectivity index (χ1n) is 11.1. The highest BCUT2D eigenvalue weighted by molar-refractivity contribution is 6.47. The molecule has 30 heavy (non-hydrogen) atoms. The van der Waals surface area contributed by atoms with Crippen molar-refractivity contribution in [3.8, 4) is 5.75 Å². The molecule has 8 heteroatoms. The van der Waals surface area contributed by atoms with E-state index in [4.69, 9.17) is 10.4 Å². The molecule has 0 radical (unpaired) electrons. The molecule has 4 rings (SSSR count). The van der Waals surface area contributed by atoms with E-state index in [2.05, 4.69) is 5.32 Å². The first-order valence-corrected chi connectivity index (χ1v) is 11.1. The fourth-order valence-electron chi connectivity index (χ4n) is 5.45. The van der Waals surface area contributed by atoms with Crippen LogP contribution in [0.15, 0.2) is 18.2 Å². The first-order chi connectivity index (χ1) is 14.4. The minimum Gasteiger partial charge on any atom is -0.535 e. The summed E-state index contributed by atoms with van der Waals surface area (Å²) in [6.07, 6.45) is 6.91. The van der Waals surface area contributed by atoms with Crippen LogP contribution in [0.1, 0.15) is 60.9 Å². The van der Waals surface area contributed by atoms with Crippen molar-refractivity contribution in [3.63, 3.8) is 0 Å². The van der Waals surface area contributed by atoms with Crippen molar-refractivity contribution in [1.82, 2.24) is 5.32 Å². The number of fused-ring (bicyclic) bond motifs is 1. The summed E-state index contributed by atoms with van der Waals surface area (Å²) in [6.45, 7) is 1.48. The van der Waals surface area contributed by atoms with Crippen molar-refractivity contribution in [2.45, 2.75) is 63.2 Å². The van der Waals surface area contributed by atoms with Gasteiger partial charge in [0.15, 0.2) is 0 Å². The predicted molar refractivity (Wildman–Crippen MR) is 114 cm³/mol. The van der Waals surface area contributed by atoms with Crippen LogP contribution in [0.4, 0.5) is 0 Å². The average Bonchev–Trinajstić information content (AvgIpc) is 3.55. The van der Waals surface area contributed by atoms with Gasteiger partial charge in [0.1, 0.15) is 11.5 Å². The summed E-state index contributed by atoms with van der Waals surface area (Å²) in [7, 11) is -1.16. The first kappa shape index (κ1) is 21.3. The molecule has 0 spiro atoms. The van der Waals surface area contributed by atoms with Gasteiger partial charge in [-0.15, -0.1) is 0 Å². The van der Waals surface area contributed by atoms with Gasteiger partial charge in [0.2, 0.25) is 0 Å². The molecule has 3 aliphatic rings. The summed E-state index contributed by atoms with van der Waals surface area (Å²) in [4.78, 5) is 24.7. The lowest BCUT2D eigenvalue weighted by atomic mass is 9.62. The fraction of sp³-hybridized carbons (Fsp3) is 0.636. The number of benzene rings is 1. The number of para-hydroxylation sites is 1. The van der Waals surface area contributed by atoms with E-state index in [1.54, 1.807) is 6.07 Å². The number of nitrogens with two attached hydrogens (primary N) is 1. The topological polar surface area (TPSA) is 122 Å². The Morgan fingerprint density at radius 3 is 2.60 bits per heavy atom. The number of carbonyl (C=O) groups is 2. The molecule has 1 aromatic rings. The number of nitrogens with one attached hydrogen (secondary N) is 1. The van der Waals surface area contributed by atoms with Gasteiger partial charge in [-0.1, -0.05) is 12.1 Å². The number of Topliss-reactive ketones (excluding diaryl/α,β-unsaturated/α-hetero) is 1. The molecule has 0 unspecified atom stereocenters. The van der Waals surface area contributed by atoms with Crippen molar-refractivity contribution < 1.29 is 24.4 Å². The van der Waals surface area contributed by atoms with Gasteiger partial charge in [0.05, 0.1) is 5.56 Å². The highest BCUT2D eigenvalue weighted by Crippen LogP contribution is 2.58. The van der Waals surface area contributed by atoms with Crippen molar-refractivity contribution in [2.24, 2.45) is 17.1 Å². The molecule has 2 aliphatic carbocycles. The van der Waals surface area contributed by atoms with Gasteiger partial charge in [0, 0.05) is 36.8 Å². The van der Waals surface area contributed by atoms with E-state index in [0.29, 0.717) is 24.9 Å². The quantitative estimate of drug-likeness (QED) is 0.480. The molecular weight excluding hydrogens is 383 g/mol. The van der Waals surface area contributed by atoms with Crippen LogP contribution in [0.3, 0.4) is 0 Å². The lowest BCUT2D eigenvalue weighted by molar-refractivity contribution is -0.127. The van der Waals surface area contributed by atoms with Gasteiger partial charge < -0.3 is 25.8 Å². The van der Waals surface area contributed by atoms with E-state index < -0.39 is 13.1 Å². The number of aromatic carboxylic acids is 1. The molecule has 0 bridgehead atoms. The second-order valence-electron chi connectivity index (χ2n) is 9.15. The molecule has 0 aromatic heterocycles. The molecule has 0 amide bonds. The Hall–Kier alpha value is -1.90. The SMILES string of the molecule is NCCNC1CCC(C2(C(=O)C[C@H]3Cc4cccc(C(=O)O)c4OB3O)CC2)CC1. The van der Waals surface area contributed by atoms with Crippen LogP contribution in [-0.2, 0) is 11.2 Å². The number of ketones is 1. The smallest absolute Gasteiger partial charge is 0.526 e. The van der Waals surface area contributed by atoms with E-state index >= 15 is 0 Å². The number of carboxylic acid groups (broad SMARTS) is 1. The lowest BCUT2D eigenvalue weighted by Crippen LogP contribution is -2.40. The summed E-state index contributed by atoms with van der Waals surface area (Å²) in [5.74, 6) is -0.526. The average molecular weight is 414 g/mol. The van der Waals surface area contributed by atoms with E-state index in [1.807, 2.05) is 6.07 Å². The minimum absolute atomic E-state index is 0.0509. The van der Waals surface area contributed by atoms with Crippen LogP contribution < -0.4 is 15.7 Å². The van der Waals surface area contributed by atoms with Crippen LogP contribution >= 0.6 is 0 Å². The molecule has 5 N–H and O–H groups in total. The zero-order valence-corrected chi connectivity index (χ0v) is 17.3. The van der Waals surface area contributed by atoms with Crippen molar-refractivity contribution >= 4 is 18.9 Å². The Kier molecular flexibility index (Phi) is 6.18. The zero-order chi connectivity index (χ0) is 21.3. The van der Waals surface area contributed by atoms with Crippen molar-refractivity contribution in [2.75, 3.05) is 13.1 Å². The maximum atomic E-state index is 13.3. The monoisotopic (exact) mass is 414 g/mol. The van der Waals surface area contributed by atoms with Crippen LogP contribution in [0.25, 0.3) is 0 Å². The van der Waals surface area contributed by atoms with Gasteiger partial charge in [-0.2, -0.15) is 0 Å². The standard InChI is InChI=1S/C22H31BN2O5/c24-10-11-25-17-6-4-15(5-7-17)22(8-9-22)19(26)13-16-12-14-2-1-3-18(21(27)28)20(14)30-23(16)29/h1-3,15-17,25,29H,4-13,24H2,(H,27,28)/t15?,16-,17?/m1/s1. The van der Waals surface area contributed by atoms with E-state index in [-0.39, 0.29) is 34.7 Å². The van der Waals surface area contributed by atoms with Gasteiger partial charge >= 0.3 is 13.1 Å². The summed E-state index contributed by atoms with van der Waals surface area (Å²) >= 11 is 0. The summed E-state index contributed by atoms with van der Waals surface area (Å²) < 4.78 is 5.57. The molecule has 0 saturated heterocycles. The van der Waals surface area contributed by atoms with Gasteiger partial charge in [-0.25, -0.2) is 4.79 Å². The molecule has 7 nitrogen and oxygen atoms in total. The molecule has 2 fully saturated rings. The van der Waals surface area contributed by atoms with Crippen molar-refractivity contribution in [1.29, 1.82) is 0 Å². The molecule has 1 atom stereocenters. The summed E-state index contributed by atoms with van der Waals surface area (Å²) in [6, 6.07) is 5.47. The van der Waals surface area contributed by atoms with Crippen LogP contribution in [0, 0.1) is 11.3 Å². The minimum atomic E-state index is -1.16. The van der Waals surface area contributed by atoms with Gasteiger partial charge in [-0.05, 0) is 62.5 Å². The fourth-order valence-corrected chi connectivity index (χ4v) is 5.45. The van der Waals surface area contributed by atoms with Crippen LogP contribution in [0.5, 0.6) is 5.75 Å². The predicted octanol–water partition coefficient (Wildman–Crippen LogP) is 2.02. The number of rotatable bonds is 8. The van der Waals surface area contributed by atoms with E-state index in [1.165, 1.54) is 6.07 Å². The second-order valence-corrected chi connectivity index (χ2v) is 9.15. The second kappa shape index (κ2) is 8.69. The number of carboxylic acids is 1. The van der Waals surface area contributed by atoms with Crippen molar-refractivity contribution in [3.05, 3.63) is 29.3 Å². The molecule has 162 valence electrons. The van der Waals surface area contributed by atoms with Crippen LogP contribution in [0.2, 0.25) is 5.82 Å². The summed E-state index contributed by atoms with van der Waals surface area (Å²) in [5.41, 5.74) is 6.15. The van der Waals surface area contributed by atoms with Crippen LogP contribution in [-0.4, -0.2) is 48.1 Å². The van der Waals surface area contributed by atoms with E-state index in [9.17, 15) is 19.7 Å². The Morgan fingerprint density at radius 1 is 1.23 bits per heavy atom. The number of hydrogen-bond donors (Lipinski definition) is 4. The molecule has 1 heterocycles. The normalized spacial score (nSPS) is 27.1. The maximum Gasteiger partial charge on any atom is 0.526 e. The molecular formula is C22H31BN2O5. The Morgan fingerprint density at radius 2 is 1.97 bits per heavy atom. The van der Waals surface area contributed by atoms with Gasteiger partial charge in [-0.3, -0.25) is 4.79 Å². The Labute approximate surface area is 177 Å². The third kappa shape index (κ3) is 4.13. The van der Waals surface area contributed by atoms with E-state index in [0.717, 1.165) is 50.6 Å². The third-order valence-corrected chi connectivity index (χ3v) is 7.33. The molecule has 1 aliphatic heterocycles. The maximum absolute atomic E-state index is 13.3. The molecule has 1 aromatic carbocycles. The highest BCUT2D eigenvalue weighted by Gasteiger charge is 2.56. The Bertz CT molecular complexity index is 805. The lowest BCUT2D eigenvalue weighted by Gasteiger charge is -2.35. The van der Waals surface area contributed by atoms with Gasteiger partial charge in [0.25, 0.3) is 0 Å².